The molecule has 0 bridgehead atoms. The maximum atomic E-state index is 12.3. The number of aromatic nitrogens is 1. The van der Waals surface area contributed by atoms with Crippen LogP contribution in [0, 0.1) is 0 Å². The molecule has 1 aromatic heterocycles. The first-order valence-corrected chi connectivity index (χ1v) is 7.40. The van der Waals surface area contributed by atoms with Crippen LogP contribution < -0.4 is 0 Å². The van der Waals surface area contributed by atoms with E-state index in [0.717, 1.165) is 5.56 Å². The van der Waals surface area contributed by atoms with E-state index in [1.165, 1.54) is 16.7 Å². The number of carbonyl (C=O) groups excluding carboxylic acids is 1. The van der Waals surface area contributed by atoms with Gasteiger partial charge in [-0.2, -0.15) is 0 Å². The molecule has 0 spiro atoms. The van der Waals surface area contributed by atoms with Gasteiger partial charge in [-0.05, 0) is 53.7 Å². The summed E-state index contributed by atoms with van der Waals surface area (Å²) in [5, 5.41) is 9.89. The molecule has 0 saturated carbocycles. The van der Waals surface area contributed by atoms with Crippen molar-refractivity contribution in [2.45, 2.75) is 0 Å². The second kappa shape index (κ2) is 6.03. The van der Waals surface area contributed by atoms with Crippen molar-refractivity contribution in [3.8, 4) is 5.75 Å². The summed E-state index contributed by atoms with van der Waals surface area (Å²) < 4.78 is 0. The Morgan fingerprint density at radius 1 is 1.27 bits per heavy atom. The molecule has 1 saturated heterocycles. The van der Waals surface area contributed by atoms with Crippen LogP contribution in [-0.4, -0.2) is 33.1 Å². The number of likely N-dealkylation sites (N-methyl/N-ethyl adjacent to an activating group) is 1. The summed E-state index contributed by atoms with van der Waals surface area (Å²) in [7, 11) is 1.69. The first-order chi connectivity index (χ1) is 10.6. The summed E-state index contributed by atoms with van der Waals surface area (Å²) in [6.45, 7) is 0. The molecule has 0 aliphatic carbocycles. The van der Waals surface area contributed by atoms with Crippen molar-refractivity contribution >= 4 is 34.6 Å². The van der Waals surface area contributed by atoms with Crippen LogP contribution in [0.1, 0.15) is 5.56 Å². The molecule has 110 valence electrons. The number of nitrogens with zero attached hydrogens (tertiary/aromatic N) is 3. The second-order valence-corrected chi connectivity index (χ2v) is 5.68. The van der Waals surface area contributed by atoms with E-state index in [0.29, 0.717) is 15.8 Å². The van der Waals surface area contributed by atoms with Gasteiger partial charge in [-0.25, -0.2) is 4.99 Å². The molecule has 2 heterocycles. The van der Waals surface area contributed by atoms with E-state index in [1.807, 2.05) is 12.1 Å². The highest BCUT2D eigenvalue weighted by Gasteiger charge is 2.30. The van der Waals surface area contributed by atoms with E-state index in [9.17, 15) is 9.90 Å². The van der Waals surface area contributed by atoms with E-state index in [2.05, 4.69) is 9.98 Å². The smallest absolute Gasteiger partial charge is 0.266 e. The van der Waals surface area contributed by atoms with Gasteiger partial charge in [-0.15, -0.1) is 0 Å². The van der Waals surface area contributed by atoms with Gasteiger partial charge >= 0.3 is 0 Å². The highest BCUT2D eigenvalue weighted by atomic mass is 32.2. The van der Waals surface area contributed by atoms with Crippen LogP contribution >= 0.6 is 11.8 Å². The number of aliphatic imine (C=N–C) groups is 1. The summed E-state index contributed by atoms with van der Waals surface area (Å²) in [6, 6.07) is 10.2. The lowest BCUT2D eigenvalue weighted by atomic mass is 10.2. The molecule has 5 nitrogen and oxygen atoms in total. The minimum Gasteiger partial charge on any atom is -0.508 e. The first-order valence-electron chi connectivity index (χ1n) is 6.59. The molecular formula is C16H13N3O2S. The van der Waals surface area contributed by atoms with Gasteiger partial charge in [0, 0.05) is 19.4 Å². The van der Waals surface area contributed by atoms with Gasteiger partial charge in [0.1, 0.15) is 5.75 Å². The molecule has 22 heavy (non-hydrogen) atoms. The average Bonchev–Trinajstić information content (AvgIpc) is 2.79. The van der Waals surface area contributed by atoms with Crippen molar-refractivity contribution in [1.29, 1.82) is 0 Å². The van der Waals surface area contributed by atoms with E-state index >= 15 is 0 Å². The van der Waals surface area contributed by atoms with Crippen LogP contribution in [0.25, 0.3) is 6.08 Å². The number of hydrogen-bond donors (Lipinski definition) is 1. The summed E-state index contributed by atoms with van der Waals surface area (Å²) in [5.41, 5.74) is 1.56. The van der Waals surface area contributed by atoms with Gasteiger partial charge in [0.15, 0.2) is 5.17 Å². The fourth-order valence-electron chi connectivity index (χ4n) is 1.90. The lowest BCUT2D eigenvalue weighted by Gasteiger charge is -2.07. The number of carbonyl (C=O) groups is 1. The molecule has 6 heteroatoms. The Labute approximate surface area is 132 Å². The molecule has 0 radical (unpaired) electrons. The zero-order valence-electron chi connectivity index (χ0n) is 11.8. The number of amides is 1. The molecule has 2 aromatic rings. The van der Waals surface area contributed by atoms with Gasteiger partial charge < -0.3 is 5.11 Å². The van der Waals surface area contributed by atoms with Crippen LogP contribution in [0.5, 0.6) is 5.75 Å². The SMILES string of the molecule is CN1C(=O)/C(=C/c2cccnc2)SC1=Nc1ccc(O)cc1. The number of phenols is 1. The quantitative estimate of drug-likeness (QED) is 0.866. The number of pyridine rings is 1. The fraction of sp³-hybridized carbons (Fsp3) is 0.0625. The van der Waals surface area contributed by atoms with Crippen LogP contribution in [0.15, 0.2) is 58.7 Å². The number of thioether (sulfide) groups is 1. The number of benzene rings is 1. The van der Waals surface area contributed by atoms with Crippen LogP contribution in [0.2, 0.25) is 0 Å². The normalized spacial score (nSPS) is 18.4. The lowest BCUT2D eigenvalue weighted by Crippen LogP contribution is -2.23. The highest BCUT2D eigenvalue weighted by Crippen LogP contribution is 2.33. The zero-order valence-corrected chi connectivity index (χ0v) is 12.6. The van der Waals surface area contributed by atoms with E-state index < -0.39 is 0 Å². The number of phenolic OH excluding ortho intramolecular Hbond substituents is 1. The van der Waals surface area contributed by atoms with Crippen molar-refractivity contribution in [3.63, 3.8) is 0 Å². The van der Waals surface area contributed by atoms with E-state index in [-0.39, 0.29) is 11.7 Å². The molecule has 1 aromatic carbocycles. The number of rotatable bonds is 2. The second-order valence-electron chi connectivity index (χ2n) is 4.67. The third-order valence-electron chi connectivity index (χ3n) is 3.06. The van der Waals surface area contributed by atoms with E-state index in [4.69, 9.17) is 0 Å². The van der Waals surface area contributed by atoms with Crippen LogP contribution in [0.3, 0.4) is 0 Å². The minimum absolute atomic E-state index is 0.0913. The summed E-state index contributed by atoms with van der Waals surface area (Å²) in [5.74, 6) is 0.0935. The van der Waals surface area contributed by atoms with Crippen molar-refractivity contribution in [2.24, 2.45) is 4.99 Å². The fourth-order valence-corrected chi connectivity index (χ4v) is 2.89. The van der Waals surface area contributed by atoms with Crippen LogP contribution in [-0.2, 0) is 4.79 Å². The Morgan fingerprint density at radius 3 is 2.73 bits per heavy atom. The molecule has 1 aliphatic rings. The van der Waals surface area contributed by atoms with Gasteiger partial charge in [0.2, 0.25) is 0 Å². The maximum absolute atomic E-state index is 12.3. The summed E-state index contributed by atoms with van der Waals surface area (Å²) in [6.07, 6.45) is 5.20. The number of amidine groups is 1. The molecule has 1 N–H and O–H groups in total. The van der Waals surface area contributed by atoms with Crippen molar-refractivity contribution in [3.05, 3.63) is 59.3 Å². The van der Waals surface area contributed by atoms with Gasteiger partial charge in [0.25, 0.3) is 5.91 Å². The largest absolute Gasteiger partial charge is 0.508 e. The Balaban J connectivity index is 1.88. The third-order valence-corrected chi connectivity index (χ3v) is 4.12. The third kappa shape index (κ3) is 3.01. The maximum Gasteiger partial charge on any atom is 0.266 e. The molecule has 1 fully saturated rings. The minimum atomic E-state index is -0.0913. The predicted octanol–water partition coefficient (Wildman–Crippen LogP) is 3.02. The topological polar surface area (TPSA) is 65.8 Å². The van der Waals surface area contributed by atoms with Gasteiger partial charge in [0.05, 0.1) is 10.6 Å². The molecule has 3 rings (SSSR count). The first kappa shape index (κ1) is 14.3. The predicted molar refractivity (Wildman–Crippen MR) is 87.8 cm³/mol. The standard InChI is InChI=1S/C16H13N3O2S/c1-19-15(21)14(9-11-3-2-8-17-10-11)22-16(19)18-12-4-6-13(20)7-5-12/h2-10,20H,1H3/b14-9-,18-16?. The zero-order chi connectivity index (χ0) is 15.5. The Morgan fingerprint density at radius 2 is 2.05 bits per heavy atom. The Kier molecular flexibility index (Phi) is 3.93. The Hall–Kier alpha value is -2.60. The van der Waals surface area contributed by atoms with Gasteiger partial charge in [-0.3, -0.25) is 14.7 Å². The average molecular weight is 311 g/mol. The van der Waals surface area contributed by atoms with E-state index in [1.54, 1.807) is 49.8 Å². The highest BCUT2D eigenvalue weighted by molar-refractivity contribution is 8.18. The Bertz CT molecular complexity index is 755. The van der Waals surface area contributed by atoms with Crippen molar-refractivity contribution in [2.75, 3.05) is 7.05 Å². The molecule has 0 unspecified atom stereocenters. The molecular weight excluding hydrogens is 298 g/mol. The molecule has 0 atom stereocenters. The lowest BCUT2D eigenvalue weighted by molar-refractivity contribution is -0.121. The number of aromatic hydroxyl groups is 1. The van der Waals surface area contributed by atoms with Crippen LogP contribution in [0.4, 0.5) is 5.69 Å². The monoisotopic (exact) mass is 311 g/mol. The molecule has 1 amide bonds. The van der Waals surface area contributed by atoms with Crippen molar-refractivity contribution < 1.29 is 9.90 Å². The summed E-state index contributed by atoms with van der Waals surface area (Å²) in [4.78, 5) is 22.9. The molecule has 1 aliphatic heterocycles. The number of hydrogen-bond acceptors (Lipinski definition) is 5. The summed E-state index contributed by atoms with van der Waals surface area (Å²) >= 11 is 1.32. The van der Waals surface area contributed by atoms with Gasteiger partial charge in [-0.1, -0.05) is 6.07 Å². The van der Waals surface area contributed by atoms with Crippen molar-refractivity contribution in [1.82, 2.24) is 9.88 Å².